The molecular formula is C13H14O2. The second-order valence-electron chi connectivity index (χ2n) is 3.91. The van der Waals surface area contributed by atoms with Gasteiger partial charge in [-0.1, -0.05) is 11.6 Å². The number of ether oxygens (including phenoxy) is 1. The molecule has 15 heavy (non-hydrogen) atoms. The van der Waals surface area contributed by atoms with Crippen molar-refractivity contribution in [1.29, 1.82) is 0 Å². The molecule has 1 aromatic carbocycles. The molecule has 0 aromatic heterocycles. The lowest BCUT2D eigenvalue weighted by Crippen LogP contribution is -1.96. The van der Waals surface area contributed by atoms with E-state index in [2.05, 4.69) is 0 Å². The molecule has 0 bridgehead atoms. The summed E-state index contributed by atoms with van der Waals surface area (Å²) in [6.07, 6.45) is 0.883. The van der Waals surface area contributed by atoms with Crippen LogP contribution in [-0.2, 0) is 11.2 Å². The van der Waals surface area contributed by atoms with Crippen LogP contribution in [0.5, 0.6) is 5.75 Å². The Bertz CT molecular complexity index is 456. The molecule has 0 radical (unpaired) electrons. The van der Waals surface area contributed by atoms with Crippen molar-refractivity contribution in [2.75, 3.05) is 7.11 Å². The lowest BCUT2D eigenvalue weighted by atomic mass is 10.0. The van der Waals surface area contributed by atoms with E-state index >= 15 is 0 Å². The molecule has 2 heteroatoms. The summed E-state index contributed by atoms with van der Waals surface area (Å²) in [5.74, 6) is 0.946. The molecule has 2 nitrogen and oxygen atoms in total. The van der Waals surface area contributed by atoms with E-state index in [0.717, 1.165) is 28.9 Å². The molecule has 0 saturated heterocycles. The molecule has 0 spiro atoms. The Balaban J connectivity index is 2.56. The van der Waals surface area contributed by atoms with E-state index in [-0.39, 0.29) is 5.78 Å². The van der Waals surface area contributed by atoms with Gasteiger partial charge in [-0.3, -0.25) is 4.79 Å². The Kier molecular flexibility index (Phi) is 2.35. The Labute approximate surface area is 89.6 Å². The number of hydrogen-bond donors (Lipinski definition) is 0. The molecule has 78 valence electrons. The molecule has 0 unspecified atom stereocenters. The van der Waals surface area contributed by atoms with Crippen LogP contribution in [-0.4, -0.2) is 12.9 Å². The maximum absolute atomic E-state index is 11.5. The van der Waals surface area contributed by atoms with Gasteiger partial charge in [0.1, 0.15) is 5.75 Å². The van der Waals surface area contributed by atoms with Crippen molar-refractivity contribution in [3.8, 4) is 5.75 Å². The topological polar surface area (TPSA) is 26.3 Å². The maximum Gasteiger partial charge on any atom is 0.160 e. The number of rotatable bonds is 2. The van der Waals surface area contributed by atoms with Crippen molar-refractivity contribution in [3.63, 3.8) is 0 Å². The highest BCUT2D eigenvalue weighted by Crippen LogP contribution is 2.35. The second kappa shape index (κ2) is 3.54. The van der Waals surface area contributed by atoms with E-state index in [0.29, 0.717) is 0 Å². The number of ketones is 1. The first-order chi connectivity index (χ1) is 7.13. The zero-order chi connectivity index (χ0) is 11.0. The summed E-state index contributed by atoms with van der Waals surface area (Å²) < 4.78 is 5.17. The minimum absolute atomic E-state index is 0.138. The normalized spacial score (nSPS) is 14.1. The summed E-state index contributed by atoms with van der Waals surface area (Å²) in [5, 5.41) is 0. The Morgan fingerprint density at radius 2 is 2.13 bits per heavy atom. The van der Waals surface area contributed by atoms with Crippen LogP contribution in [0.15, 0.2) is 23.8 Å². The van der Waals surface area contributed by atoms with Gasteiger partial charge in [0.05, 0.1) is 7.11 Å². The molecule has 2 rings (SSSR count). The summed E-state index contributed by atoms with van der Waals surface area (Å²) in [5.41, 5.74) is 4.28. The van der Waals surface area contributed by atoms with Gasteiger partial charge in [-0.05, 0) is 43.5 Å². The van der Waals surface area contributed by atoms with E-state index in [1.165, 1.54) is 5.56 Å². The van der Waals surface area contributed by atoms with Crippen LogP contribution in [0.3, 0.4) is 0 Å². The minimum atomic E-state index is 0.138. The number of methoxy groups -OCH3 is 1. The highest BCUT2D eigenvalue weighted by molar-refractivity contribution is 6.22. The zero-order valence-electron chi connectivity index (χ0n) is 9.26. The fourth-order valence-electron chi connectivity index (χ4n) is 2.16. The Hall–Kier alpha value is -1.57. The number of hydrogen-bond acceptors (Lipinski definition) is 2. The SMILES string of the molecule is COc1ccc2c(c1)C(C(C)=O)=C(C)C2. The maximum atomic E-state index is 11.5. The molecule has 0 amide bonds. The number of carbonyl (C=O) groups is 1. The smallest absolute Gasteiger partial charge is 0.160 e. The van der Waals surface area contributed by atoms with Crippen molar-refractivity contribution in [1.82, 2.24) is 0 Å². The van der Waals surface area contributed by atoms with Crippen LogP contribution >= 0.6 is 0 Å². The average Bonchev–Trinajstić information content (AvgIpc) is 2.52. The first-order valence-corrected chi connectivity index (χ1v) is 5.01. The quantitative estimate of drug-likeness (QED) is 0.736. The molecule has 0 saturated carbocycles. The molecule has 0 heterocycles. The van der Waals surface area contributed by atoms with Crippen molar-refractivity contribution < 1.29 is 9.53 Å². The van der Waals surface area contributed by atoms with Gasteiger partial charge in [0, 0.05) is 5.57 Å². The predicted octanol–water partition coefficient (Wildman–Crippen LogP) is 2.61. The highest BCUT2D eigenvalue weighted by atomic mass is 16.5. The zero-order valence-corrected chi connectivity index (χ0v) is 9.26. The highest BCUT2D eigenvalue weighted by Gasteiger charge is 2.22. The van der Waals surface area contributed by atoms with Gasteiger partial charge in [-0.25, -0.2) is 0 Å². The van der Waals surface area contributed by atoms with Crippen molar-refractivity contribution >= 4 is 11.4 Å². The van der Waals surface area contributed by atoms with Crippen LogP contribution in [0.25, 0.3) is 5.57 Å². The van der Waals surface area contributed by atoms with Gasteiger partial charge >= 0.3 is 0 Å². The minimum Gasteiger partial charge on any atom is -0.497 e. The first kappa shape index (κ1) is 9.97. The monoisotopic (exact) mass is 202 g/mol. The molecule has 0 atom stereocenters. The molecule has 0 aliphatic heterocycles. The molecule has 1 aliphatic carbocycles. The Morgan fingerprint density at radius 3 is 2.73 bits per heavy atom. The third kappa shape index (κ3) is 1.56. The molecule has 0 fully saturated rings. The van der Waals surface area contributed by atoms with E-state index in [9.17, 15) is 4.79 Å². The van der Waals surface area contributed by atoms with Gasteiger partial charge in [0.15, 0.2) is 5.78 Å². The van der Waals surface area contributed by atoms with Crippen LogP contribution in [0, 0.1) is 0 Å². The Morgan fingerprint density at radius 1 is 1.40 bits per heavy atom. The number of Topliss-reactive ketones (excluding diaryl/α,β-unsaturated/α-hetero) is 1. The molecule has 1 aliphatic rings. The fourth-order valence-corrected chi connectivity index (χ4v) is 2.16. The number of benzene rings is 1. The first-order valence-electron chi connectivity index (χ1n) is 5.01. The van der Waals surface area contributed by atoms with E-state index in [1.807, 2.05) is 25.1 Å². The van der Waals surface area contributed by atoms with Crippen LogP contribution in [0.1, 0.15) is 25.0 Å². The third-order valence-corrected chi connectivity index (χ3v) is 2.82. The lowest BCUT2D eigenvalue weighted by Gasteiger charge is -2.05. The van der Waals surface area contributed by atoms with Gasteiger partial charge in [-0.15, -0.1) is 0 Å². The summed E-state index contributed by atoms with van der Waals surface area (Å²) >= 11 is 0. The fraction of sp³-hybridized carbons (Fsp3) is 0.308. The third-order valence-electron chi connectivity index (χ3n) is 2.82. The summed E-state index contributed by atoms with van der Waals surface area (Å²) in [6.45, 7) is 3.64. The van der Waals surface area contributed by atoms with Crippen molar-refractivity contribution in [3.05, 3.63) is 34.9 Å². The summed E-state index contributed by atoms with van der Waals surface area (Å²) in [6, 6.07) is 5.92. The standard InChI is InChI=1S/C13H14O2/c1-8-6-10-4-5-11(15-3)7-12(10)13(8)9(2)14/h4-5,7H,6H2,1-3H3. The van der Waals surface area contributed by atoms with Gasteiger partial charge < -0.3 is 4.74 Å². The van der Waals surface area contributed by atoms with Gasteiger partial charge in [0.2, 0.25) is 0 Å². The second-order valence-corrected chi connectivity index (χ2v) is 3.91. The van der Waals surface area contributed by atoms with Crippen molar-refractivity contribution in [2.24, 2.45) is 0 Å². The van der Waals surface area contributed by atoms with E-state index in [1.54, 1.807) is 14.0 Å². The lowest BCUT2D eigenvalue weighted by molar-refractivity contribution is -0.111. The molecule has 1 aromatic rings. The number of allylic oxidation sites excluding steroid dienone is 2. The average molecular weight is 202 g/mol. The number of fused-ring (bicyclic) bond motifs is 1. The van der Waals surface area contributed by atoms with Crippen LogP contribution < -0.4 is 4.74 Å². The van der Waals surface area contributed by atoms with Crippen molar-refractivity contribution in [2.45, 2.75) is 20.3 Å². The largest absolute Gasteiger partial charge is 0.497 e. The molecule has 0 N–H and O–H groups in total. The van der Waals surface area contributed by atoms with Gasteiger partial charge in [-0.2, -0.15) is 0 Å². The van der Waals surface area contributed by atoms with Crippen LogP contribution in [0.2, 0.25) is 0 Å². The predicted molar refractivity (Wildman–Crippen MR) is 60.0 cm³/mol. The van der Waals surface area contributed by atoms with Gasteiger partial charge in [0.25, 0.3) is 0 Å². The van der Waals surface area contributed by atoms with E-state index < -0.39 is 0 Å². The molecular weight excluding hydrogens is 188 g/mol. The van der Waals surface area contributed by atoms with E-state index in [4.69, 9.17) is 4.74 Å². The number of carbonyl (C=O) groups excluding carboxylic acids is 1. The van der Waals surface area contributed by atoms with Crippen LogP contribution in [0.4, 0.5) is 0 Å². The summed E-state index contributed by atoms with van der Waals surface area (Å²) in [4.78, 5) is 11.5. The summed E-state index contributed by atoms with van der Waals surface area (Å²) in [7, 11) is 1.64.